The summed E-state index contributed by atoms with van der Waals surface area (Å²) in [6, 6.07) is 0. The molecule has 0 rings (SSSR count). The van der Waals surface area contributed by atoms with Crippen molar-refractivity contribution in [3.05, 3.63) is 12.8 Å². The second-order valence-electron chi connectivity index (χ2n) is 1.09. The number of hydrogen-bond acceptors (Lipinski definition) is 2. The molecule has 0 spiro atoms. The minimum atomic E-state index is 0.315. The van der Waals surface area contributed by atoms with Gasteiger partial charge in [0.05, 0.1) is 6.54 Å². The third kappa shape index (κ3) is 2.25. The molecule has 0 aliphatic heterocycles. The maximum Gasteiger partial charge on any atom is 0.140 e. The quantitative estimate of drug-likeness (QED) is 0.401. The summed E-state index contributed by atoms with van der Waals surface area (Å²) < 4.78 is 0. The highest BCUT2D eigenvalue weighted by atomic mass is 14.9. The van der Waals surface area contributed by atoms with E-state index in [2.05, 4.69) is 23.3 Å². The topological polar surface area (TPSA) is 50.7 Å². The summed E-state index contributed by atoms with van der Waals surface area (Å²) in [5.41, 5.74) is 5.16. The molecule has 0 amide bonds. The monoisotopic (exact) mass is 111 g/mol. The Bertz CT molecular complexity index is 115. The zero-order chi connectivity index (χ0) is 6.41. The van der Waals surface area contributed by atoms with Crippen molar-refractivity contribution in [2.45, 2.75) is 0 Å². The minimum Gasteiger partial charge on any atom is -0.324 e. The summed E-state index contributed by atoms with van der Waals surface area (Å²) in [5, 5.41) is 0. The highest BCUT2D eigenvalue weighted by Crippen LogP contribution is 1.75. The highest BCUT2D eigenvalue weighted by Gasteiger charge is 1.82. The molecule has 0 aliphatic rings. The standard InChI is InChI=1S/C5H9N3/c1-3-8-5(4-6)7-2/h3H,1-2,4,6H2. The van der Waals surface area contributed by atoms with Crippen LogP contribution in [0.1, 0.15) is 0 Å². The lowest BCUT2D eigenvalue weighted by Crippen LogP contribution is -2.09. The maximum absolute atomic E-state index is 5.16. The van der Waals surface area contributed by atoms with Gasteiger partial charge in [-0.15, -0.1) is 0 Å². The lowest BCUT2D eigenvalue weighted by atomic mass is 10.6. The number of nitrogens with two attached hydrogens (primary N) is 1. The Kier molecular flexibility index (Phi) is 3.70. The molecule has 0 saturated heterocycles. The zero-order valence-electron chi connectivity index (χ0n) is 4.67. The van der Waals surface area contributed by atoms with Crippen LogP contribution in [-0.4, -0.2) is 19.1 Å². The van der Waals surface area contributed by atoms with Gasteiger partial charge in [-0.2, -0.15) is 0 Å². The van der Waals surface area contributed by atoms with E-state index in [-0.39, 0.29) is 0 Å². The molecule has 0 bridgehead atoms. The molecule has 0 unspecified atom stereocenters. The molecule has 0 aromatic rings. The molecule has 0 fully saturated rings. The van der Waals surface area contributed by atoms with Crippen molar-refractivity contribution >= 4 is 12.6 Å². The lowest BCUT2D eigenvalue weighted by Gasteiger charge is -1.87. The molecule has 8 heavy (non-hydrogen) atoms. The smallest absolute Gasteiger partial charge is 0.140 e. The van der Waals surface area contributed by atoms with Crippen LogP contribution in [0.15, 0.2) is 22.8 Å². The van der Waals surface area contributed by atoms with Crippen molar-refractivity contribution in [2.24, 2.45) is 15.7 Å². The molecule has 2 N–H and O–H groups in total. The van der Waals surface area contributed by atoms with Crippen molar-refractivity contribution < 1.29 is 0 Å². The van der Waals surface area contributed by atoms with E-state index in [4.69, 9.17) is 5.73 Å². The van der Waals surface area contributed by atoms with E-state index < -0.39 is 0 Å². The fourth-order valence-corrected chi connectivity index (χ4v) is 0.263. The molecule has 0 atom stereocenters. The first-order valence-corrected chi connectivity index (χ1v) is 2.19. The predicted octanol–water partition coefficient (Wildman–Crippen LogP) is 0.188. The SMILES string of the molecule is C=CN=C(CN)N=C. The predicted molar refractivity (Wildman–Crippen MR) is 36.2 cm³/mol. The first-order chi connectivity index (χ1) is 3.85. The number of nitrogens with zero attached hydrogens (tertiary/aromatic N) is 2. The largest absolute Gasteiger partial charge is 0.324 e. The van der Waals surface area contributed by atoms with Crippen LogP contribution in [0.3, 0.4) is 0 Å². The van der Waals surface area contributed by atoms with Crippen molar-refractivity contribution in [2.75, 3.05) is 6.54 Å². The van der Waals surface area contributed by atoms with Gasteiger partial charge in [0.1, 0.15) is 5.84 Å². The fraction of sp³-hybridized carbons (Fsp3) is 0.200. The Balaban J connectivity index is 3.84. The van der Waals surface area contributed by atoms with E-state index in [1.54, 1.807) is 0 Å². The van der Waals surface area contributed by atoms with Crippen LogP contribution < -0.4 is 5.73 Å². The molecule has 0 aromatic carbocycles. The van der Waals surface area contributed by atoms with E-state index in [9.17, 15) is 0 Å². The minimum absolute atomic E-state index is 0.315. The average molecular weight is 111 g/mol. The van der Waals surface area contributed by atoms with Gasteiger partial charge in [-0.25, -0.2) is 9.98 Å². The van der Waals surface area contributed by atoms with Gasteiger partial charge in [0.25, 0.3) is 0 Å². The zero-order valence-corrected chi connectivity index (χ0v) is 4.67. The van der Waals surface area contributed by atoms with Crippen LogP contribution in [-0.2, 0) is 0 Å². The third-order valence-electron chi connectivity index (χ3n) is 0.605. The summed E-state index contributed by atoms with van der Waals surface area (Å²) in [6.45, 7) is 6.92. The van der Waals surface area contributed by atoms with Crippen molar-refractivity contribution in [1.29, 1.82) is 0 Å². The van der Waals surface area contributed by atoms with Crippen molar-refractivity contribution in [3.8, 4) is 0 Å². The van der Waals surface area contributed by atoms with Gasteiger partial charge in [0, 0.05) is 6.20 Å². The fourth-order valence-electron chi connectivity index (χ4n) is 0.263. The van der Waals surface area contributed by atoms with Crippen LogP contribution in [0.4, 0.5) is 0 Å². The summed E-state index contributed by atoms with van der Waals surface area (Å²) in [5.74, 6) is 0.514. The summed E-state index contributed by atoms with van der Waals surface area (Å²) >= 11 is 0. The van der Waals surface area contributed by atoms with Crippen LogP contribution in [0.2, 0.25) is 0 Å². The molecule has 0 aliphatic carbocycles. The Morgan fingerprint density at radius 1 is 1.75 bits per heavy atom. The number of amidine groups is 1. The van der Waals surface area contributed by atoms with Gasteiger partial charge >= 0.3 is 0 Å². The van der Waals surface area contributed by atoms with Crippen molar-refractivity contribution in [1.82, 2.24) is 0 Å². The number of hydrogen-bond donors (Lipinski definition) is 1. The van der Waals surface area contributed by atoms with Gasteiger partial charge < -0.3 is 5.73 Å². The number of rotatable bonds is 2. The van der Waals surface area contributed by atoms with E-state index >= 15 is 0 Å². The van der Waals surface area contributed by atoms with Crippen LogP contribution in [0.25, 0.3) is 0 Å². The molecule has 0 aromatic heterocycles. The molecular formula is C5H9N3. The number of aliphatic imine (C=N–C) groups is 2. The molecule has 0 saturated carbocycles. The first-order valence-electron chi connectivity index (χ1n) is 2.19. The second kappa shape index (κ2) is 4.21. The van der Waals surface area contributed by atoms with E-state index in [0.717, 1.165) is 0 Å². The van der Waals surface area contributed by atoms with Gasteiger partial charge in [0.2, 0.25) is 0 Å². The van der Waals surface area contributed by atoms with Crippen LogP contribution in [0.5, 0.6) is 0 Å². The molecule has 0 heterocycles. The van der Waals surface area contributed by atoms with Crippen LogP contribution >= 0.6 is 0 Å². The average Bonchev–Trinajstić information content (AvgIpc) is 1.83. The van der Waals surface area contributed by atoms with Gasteiger partial charge in [-0.1, -0.05) is 6.58 Å². The Hall–Kier alpha value is -0.960. The van der Waals surface area contributed by atoms with Crippen LogP contribution in [0, 0.1) is 0 Å². The van der Waals surface area contributed by atoms with Gasteiger partial charge in [0.15, 0.2) is 0 Å². The van der Waals surface area contributed by atoms with Gasteiger partial charge in [-0.3, -0.25) is 0 Å². The molecule has 3 nitrogen and oxygen atoms in total. The third-order valence-corrected chi connectivity index (χ3v) is 0.605. The molecular weight excluding hydrogens is 102 g/mol. The molecule has 3 heteroatoms. The Labute approximate surface area is 48.6 Å². The highest BCUT2D eigenvalue weighted by molar-refractivity contribution is 5.88. The van der Waals surface area contributed by atoms with E-state index in [1.165, 1.54) is 6.20 Å². The lowest BCUT2D eigenvalue weighted by molar-refractivity contribution is 1.26. The van der Waals surface area contributed by atoms with Crippen molar-refractivity contribution in [3.63, 3.8) is 0 Å². The Morgan fingerprint density at radius 3 is 2.50 bits per heavy atom. The maximum atomic E-state index is 5.16. The second-order valence-corrected chi connectivity index (χ2v) is 1.09. The van der Waals surface area contributed by atoms with E-state index in [1.807, 2.05) is 0 Å². The first kappa shape index (κ1) is 7.04. The Morgan fingerprint density at radius 2 is 2.38 bits per heavy atom. The summed E-state index contributed by atoms with van der Waals surface area (Å²) in [7, 11) is 0. The summed E-state index contributed by atoms with van der Waals surface area (Å²) in [6.07, 6.45) is 1.39. The van der Waals surface area contributed by atoms with E-state index in [0.29, 0.717) is 12.4 Å². The molecule has 44 valence electrons. The normalized spacial score (nSPS) is 10.9. The molecule has 0 radical (unpaired) electrons. The van der Waals surface area contributed by atoms with Gasteiger partial charge in [-0.05, 0) is 6.72 Å². The summed E-state index contributed by atoms with van der Waals surface area (Å²) in [4.78, 5) is 7.19.